The number of nitrogens with two attached hydrogens (primary N) is 1. The van der Waals surface area contributed by atoms with E-state index in [0.29, 0.717) is 29.6 Å². The summed E-state index contributed by atoms with van der Waals surface area (Å²) in [5, 5.41) is 0. The van der Waals surface area contributed by atoms with Gasteiger partial charge >= 0.3 is 6.09 Å². The molecule has 10 nitrogen and oxygen atoms in total. The van der Waals surface area contributed by atoms with E-state index in [1.807, 2.05) is 0 Å². The van der Waals surface area contributed by atoms with E-state index >= 15 is 4.39 Å². The Bertz CT molecular complexity index is 1180. The maximum Gasteiger partial charge on any atom is 0.414 e. The van der Waals surface area contributed by atoms with Crippen LogP contribution in [0.3, 0.4) is 0 Å². The first-order valence-corrected chi connectivity index (χ1v) is 12.4. The van der Waals surface area contributed by atoms with Crippen LogP contribution in [0.1, 0.15) is 22.5 Å². The van der Waals surface area contributed by atoms with Crippen LogP contribution in [0.5, 0.6) is 0 Å². The minimum absolute atomic E-state index is 0.0377. The van der Waals surface area contributed by atoms with E-state index in [4.69, 9.17) is 26.8 Å². The van der Waals surface area contributed by atoms with Crippen molar-refractivity contribution in [2.45, 2.75) is 18.9 Å². The molecule has 1 atom stereocenters. The molecule has 2 aliphatic heterocycles. The zero-order valence-corrected chi connectivity index (χ0v) is 20.7. The van der Waals surface area contributed by atoms with Crippen LogP contribution in [0.25, 0.3) is 0 Å². The zero-order valence-electron chi connectivity index (χ0n) is 19.2. The second-order valence-corrected chi connectivity index (χ2v) is 9.87. The van der Waals surface area contributed by atoms with Gasteiger partial charge in [0.1, 0.15) is 18.5 Å². The molecule has 4 amide bonds. The summed E-state index contributed by atoms with van der Waals surface area (Å²) in [6, 6.07) is 7.17. The molecule has 1 aromatic heterocycles. The van der Waals surface area contributed by atoms with Crippen LogP contribution >= 0.6 is 22.9 Å². The first-order chi connectivity index (χ1) is 17.3. The lowest BCUT2D eigenvalue weighted by atomic mass is 10.2. The fraction of sp³-hybridized carbons (Fsp3) is 0.391. The van der Waals surface area contributed by atoms with Gasteiger partial charge in [-0.2, -0.15) is 0 Å². The molecule has 2 aromatic rings. The lowest BCUT2D eigenvalue weighted by molar-refractivity contribution is -0.129. The van der Waals surface area contributed by atoms with E-state index in [2.05, 4.69) is 0 Å². The molecule has 1 aromatic carbocycles. The lowest BCUT2D eigenvalue weighted by Crippen LogP contribution is -2.43. The molecule has 2 fully saturated rings. The number of ether oxygens (including phenoxy) is 2. The van der Waals surface area contributed by atoms with Crippen LogP contribution in [0.15, 0.2) is 30.3 Å². The van der Waals surface area contributed by atoms with E-state index in [9.17, 15) is 19.2 Å². The number of amides is 4. The molecule has 0 saturated carbocycles. The van der Waals surface area contributed by atoms with Gasteiger partial charge in [0.25, 0.3) is 11.8 Å². The van der Waals surface area contributed by atoms with Gasteiger partial charge in [-0.05, 0) is 43.3 Å². The van der Waals surface area contributed by atoms with Crippen molar-refractivity contribution in [3.8, 4) is 0 Å². The molecular weight excluding hydrogens is 515 g/mol. The number of cyclic esters (lactones) is 1. The predicted octanol–water partition coefficient (Wildman–Crippen LogP) is 2.64. The fourth-order valence-corrected chi connectivity index (χ4v) is 4.93. The number of hydrogen-bond acceptors (Lipinski definition) is 8. The van der Waals surface area contributed by atoms with Crippen molar-refractivity contribution in [1.29, 1.82) is 0 Å². The minimum atomic E-state index is -0.876. The van der Waals surface area contributed by atoms with Crippen LogP contribution in [-0.4, -0.2) is 74.2 Å². The molecule has 0 spiro atoms. The summed E-state index contributed by atoms with van der Waals surface area (Å²) in [5.74, 6) is -2.03. The standard InChI is InChI=1S/C23H24ClFN4O6S/c24-19-6-5-18(36-19)22(32)29(20(30)2-1-7-26)12-15-11-28(23(33)35-15)17-4-3-14(10-16(17)25)27-8-9-34-13-21(27)31/h3-6,10,15H,1-2,7-9,11-13,26H2. The number of thiophene rings is 1. The highest BCUT2D eigenvalue weighted by Crippen LogP contribution is 2.30. The molecule has 1 unspecified atom stereocenters. The Labute approximate surface area is 215 Å². The van der Waals surface area contributed by atoms with Crippen molar-refractivity contribution in [3.05, 3.63) is 45.4 Å². The van der Waals surface area contributed by atoms with E-state index in [-0.39, 0.29) is 49.1 Å². The average Bonchev–Trinajstić information content (AvgIpc) is 3.46. The van der Waals surface area contributed by atoms with E-state index in [1.165, 1.54) is 29.2 Å². The number of nitrogens with zero attached hydrogens (tertiary/aromatic N) is 3. The highest BCUT2D eigenvalue weighted by atomic mass is 35.5. The van der Waals surface area contributed by atoms with Crippen molar-refractivity contribution in [1.82, 2.24) is 4.90 Å². The maximum absolute atomic E-state index is 15.0. The third-order valence-electron chi connectivity index (χ3n) is 5.70. The molecule has 2 saturated heterocycles. The van der Waals surface area contributed by atoms with Crippen LogP contribution in [-0.2, 0) is 19.1 Å². The SMILES string of the molecule is NCCCC(=O)N(CC1CN(c2ccc(N3CCOCC3=O)cc2F)C(=O)O1)C(=O)c1ccc(Cl)s1. The normalized spacial score (nSPS) is 17.9. The largest absolute Gasteiger partial charge is 0.442 e. The monoisotopic (exact) mass is 538 g/mol. The Morgan fingerprint density at radius 2 is 2.03 bits per heavy atom. The van der Waals surface area contributed by atoms with Crippen molar-refractivity contribution in [3.63, 3.8) is 0 Å². The minimum Gasteiger partial charge on any atom is -0.442 e. The number of anilines is 2. The smallest absolute Gasteiger partial charge is 0.414 e. The first-order valence-electron chi connectivity index (χ1n) is 11.2. The summed E-state index contributed by atoms with van der Waals surface area (Å²) in [7, 11) is 0. The van der Waals surface area contributed by atoms with Gasteiger partial charge in [0, 0.05) is 18.7 Å². The molecule has 0 aliphatic carbocycles. The number of benzene rings is 1. The number of rotatable bonds is 8. The van der Waals surface area contributed by atoms with Crippen LogP contribution < -0.4 is 15.5 Å². The van der Waals surface area contributed by atoms with Gasteiger partial charge in [0.2, 0.25) is 5.91 Å². The Kier molecular flexibility index (Phi) is 8.19. The molecule has 4 rings (SSSR count). The molecule has 2 aliphatic rings. The molecule has 13 heteroatoms. The van der Waals surface area contributed by atoms with Gasteiger partial charge in [0.15, 0.2) is 0 Å². The quantitative estimate of drug-likeness (QED) is 0.548. The number of halogens is 2. The number of carbonyl (C=O) groups is 4. The number of morpholine rings is 1. The molecule has 2 N–H and O–H groups in total. The number of hydrogen-bond donors (Lipinski definition) is 1. The summed E-state index contributed by atoms with van der Waals surface area (Å²) in [6.45, 7) is 0.540. The first kappa shape index (κ1) is 26.0. The average molecular weight is 539 g/mol. The molecule has 3 heterocycles. The second kappa shape index (κ2) is 11.3. The van der Waals surface area contributed by atoms with Gasteiger partial charge in [0.05, 0.1) is 34.6 Å². The second-order valence-electron chi connectivity index (χ2n) is 8.16. The van der Waals surface area contributed by atoms with E-state index in [1.54, 1.807) is 6.07 Å². The van der Waals surface area contributed by atoms with Gasteiger partial charge in [-0.25, -0.2) is 9.18 Å². The van der Waals surface area contributed by atoms with Gasteiger partial charge in [-0.1, -0.05) is 11.6 Å². The highest BCUT2D eigenvalue weighted by Gasteiger charge is 2.37. The Morgan fingerprint density at radius 1 is 1.22 bits per heavy atom. The predicted molar refractivity (Wildman–Crippen MR) is 131 cm³/mol. The summed E-state index contributed by atoms with van der Waals surface area (Å²) >= 11 is 6.97. The summed E-state index contributed by atoms with van der Waals surface area (Å²) in [5.41, 5.74) is 5.82. The maximum atomic E-state index is 15.0. The van der Waals surface area contributed by atoms with Gasteiger partial charge in [-0.3, -0.25) is 24.2 Å². The molecule has 0 bridgehead atoms. The van der Waals surface area contributed by atoms with Crippen molar-refractivity contribution in [2.75, 3.05) is 49.2 Å². The molecule has 192 valence electrons. The van der Waals surface area contributed by atoms with Crippen molar-refractivity contribution < 1.29 is 33.0 Å². The summed E-state index contributed by atoms with van der Waals surface area (Å²) in [6.07, 6.45) is -1.26. The Balaban J connectivity index is 1.49. The fourth-order valence-electron chi connectivity index (χ4n) is 3.94. The Morgan fingerprint density at radius 3 is 2.69 bits per heavy atom. The van der Waals surface area contributed by atoms with Crippen LogP contribution in [0, 0.1) is 5.82 Å². The van der Waals surface area contributed by atoms with Crippen LogP contribution in [0.4, 0.5) is 20.6 Å². The van der Waals surface area contributed by atoms with Gasteiger partial charge < -0.3 is 20.1 Å². The molecular formula is C23H24ClFN4O6S. The summed E-state index contributed by atoms with van der Waals surface area (Å²) in [4.78, 5) is 54.2. The lowest BCUT2D eigenvalue weighted by Gasteiger charge is -2.27. The van der Waals surface area contributed by atoms with E-state index < -0.39 is 29.8 Å². The third-order valence-corrected chi connectivity index (χ3v) is 6.92. The summed E-state index contributed by atoms with van der Waals surface area (Å²) < 4.78 is 25.9. The molecule has 36 heavy (non-hydrogen) atoms. The zero-order chi connectivity index (χ0) is 25.8. The topological polar surface area (TPSA) is 122 Å². The number of imide groups is 1. The Hall–Kier alpha value is -3.06. The van der Waals surface area contributed by atoms with Crippen LogP contribution in [0.2, 0.25) is 4.34 Å². The van der Waals surface area contributed by atoms with Crippen molar-refractivity contribution in [2.24, 2.45) is 5.73 Å². The molecule has 0 radical (unpaired) electrons. The third kappa shape index (κ3) is 5.67. The number of carbonyl (C=O) groups excluding carboxylic acids is 4. The van der Waals surface area contributed by atoms with E-state index in [0.717, 1.165) is 21.1 Å². The van der Waals surface area contributed by atoms with Crippen molar-refractivity contribution >= 4 is 58.1 Å². The highest BCUT2D eigenvalue weighted by molar-refractivity contribution is 7.18. The van der Waals surface area contributed by atoms with Gasteiger partial charge in [-0.15, -0.1) is 11.3 Å².